The van der Waals surface area contributed by atoms with Gasteiger partial charge < -0.3 is 20.0 Å². The molecule has 6 nitrogen and oxygen atoms in total. The summed E-state index contributed by atoms with van der Waals surface area (Å²) in [7, 11) is 0. The zero-order valence-electron chi connectivity index (χ0n) is 14.3. The Labute approximate surface area is 141 Å². The zero-order chi connectivity index (χ0) is 17.3. The van der Waals surface area contributed by atoms with Gasteiger partial charge in [-0.1, -0.05) is 18.2 Å². The number of likely N-dealkylation sites (tertiary alicyclic amines) is 1. The third kappa shape index (κ3) is 3.22. The minimum atomic E-state index is -0.238. The Balaban J connectivity index is 1.61. The van der Waals surface area contributed by atoms with Gasteiger partial charge in [0.1, 0.15) is 11.3 Å². The molecule has 1 aliphatic rings. The van der Waals surface area contributed by atoms with Crippen LogP contribution in [0.1, 0.15) is 37.6 Å². The minimum Gasteiger partial charge on any atom is -0.459 e. The molecule has 24 heavy (non-hydrogen) atoms. The lowest BCUT2D eigenvalue weighted by atomic mass is 10.1. The number of hydrogen-bond donors (Lipinski definition) is 2. The van der Waals surface area contributed by atoms with E-state index in [1.54, 1.807) is 11.8 Å². The third-order valence-electron chi connectivity index (χ3n) is 4.59. The van der Waals surface area contributed by atoms with E-state index in [-0.39, 0.29) is 24.0 Å². The van der Waals surface area contributed by atoms with Gasteiger partial charge in [-0.25, -0.2) is 4.79 Å². The number of nitrogens with zero attached hydrogens (tertiary/aromatic N) is 1. The Morgan fingerprint density at radius 2 is 2.08 bits per heavy atom. The topological polar surface area (TPSA) is 74.6 Å². The van der Waals surface area contributed by atoms with Crippen molar-refractivity contribution in [1.82, 2.24) is 15.5 Å². The predicted molar refractivity (Wildman–Crippen MR) is 91.7 cm³/mol. The lowest BCUT2D eigenvalue weighted by Gasteiger charge is -2.18. The third-order valence-corrected chi connectivity index (χ3v) is 4.59. The summed E-state index contributed by atoms with van der Waals surface area (Å²) in [4.78, 5) is 25.3. The number of rotatable bonds is 3. The summed E-state index contributed by atoms with van der Waals surface area (Å²) >= 11 is 0. The first kappa shape index (κ1) is 16.4. The molecule has 0 radical (unpaired) electrons. The Bertz CT molecular complexity index is 768. The number of aryl methyl sites for hydroxylation is 1. The van der Waals surface area contributed by atoms with Crippen molar-refractivity contribution in [3.63, 3.8) is 0 Å². The summed E-state index contributed by atoms with van der Waals surface area (Å²) < 4.78 is 5.88. The molecule has 0 aliphatic carbocycles. The molecular weight excluding hydrogens is 306 g/mol. The molecule has 2 N–H and O–H groups in total. The van der Waals surface area contributed by atoms with Crippen molar-refractivity contribution < 1.29 is 14.0 Å². The second-order valence-corrected chi connectivity index (χ2v) is 6.38. The number of carbonyl (C=O) groups is 2. The second kappa shape index (κ2) is 6.55. The van der Waals surface area contributed by atoms with E-state index in [0.29, 0.717) is 13.1 Å². The smallest absolute Gasteiger partial charge is 0.315 e. The molecule has 6 heteroatoms. The first-order valence-corrected chi connectivity index (χ1v) is 8.26. The van der Waals surface area contributed by atoms with E-state index in [1.165, 1.54) is 0 Å². The fourth-order valence-electron chi connectivity index (χ4n) is 3.26. The Morgan fingerprint density at radius 1 is 1.33 bits per heavy atom. The molecular formula is C18H23N3O3. The van der Waals surface area contributed by atoms with Gasteiger partial charge in [-0.15, -0.1) is 0 Å². The largest absolute Gasteiger partial charge is 0.459 e. The maximum absolute atomic E-state index is 12.2. The van der Waals surface area contributed by atoms with Crippen LogP contribution in [0.2, 0.25) is 0 Å². The van der Waals surface area contributed by atoms with Crippen LogP contribution in [-0.2, 0) is 4.79 Å². The number of hydrogen-bond acceptors (Lipinski definition) is 3. The molecule has 2 atom stereocenters. The Kier molecular flexibility index (Phi) is 4.46. The van der Waals surface area contributed by atoms with Crippen LogP contribution in [-0.4, -0.2) is 36.0 Å². The molecule has 0 spiro atoms. The predicted octanol–water partition coefficient (Wildman–Crippen LogP) is 2.72. The van der Waals surface area contributed by atoms with E-state index in [2.05, 4.69) is 10.6 Å². The molecule has 2 heterocycles. The van der Waals surface area contributed by atoms with Gasteiger partial charge in [-0.05, 0) is 26.3 Å². The molecule has 1 unspecified atom stereocenters. The number of urea groups is 1. The molecule has 128 valence electrons. The van der Waals surface area contributed by atoms with Gasteiger partial charge in [-0.3, -0.25) is 4.79 Å². The zero-order valence-corrected chi connectivity index (χ0v) is 14.3. The monoisotopic (exact) mass is 329 g/mol. The second-order valence-electron chi connectivity index (χ2n) is 6.38. The van der Waals surface area contributed by atoms with Crippen molar-refractivity contribution in [3.05, 3.63) is 35.6 Å². The first-order chi connectivity index (χ1) is 11.5. The van der Waals surface area contributed by atoms with E-state index in [1.807, 2.05) is 38.1 Å². The van der Waals surface area contributed by atoms with Crippen molar-refractivity contribution >= 4 is 22.9 Å². The first-order valence-electron chi connectivity index (χ1n) is 8.26. The number of para-hydroxylation sites is 1. The van der Waals surface area contributed by atoms with Crippen molar-refractivity contribution in [2.75, 3.05) is 13.1 Å². The summed E-state index contributed by atoms with van der Waals surface area (Å²) in [6.07, 6.45) is 0.783. The highest BCUT2D eigenvalue weighted by Gasteiger charge is 2.26. The van der Waals surface area contributed by atoms with Crippen LogP contribution in [0.15, 0.2) is 28.7 Å². The van der Waals surface area contributed by atoms with Gasteiger partial charge >= 0.3 is 6.03 Å². The highest BCUT2D eigenvalue weighted by Crippen LogP contribution is 2.29. The molecule has 2 aromatic rings. The SMILES string of the molecule is CC(=O)N1CCC(NC(=O)N[C@@H](C)c2oc3ccccc3c2C)C1. The summed E-state index contributed by atoms with van der Waals surface area (Å²) in [5, 5.41) is 6.92. The van der Waals surface area contributed by atoms with Gasteiger partial charge in [0.15, 0.2) is 0 Å². The van der Waals surface area contributed by atoms with Gasteiger partial charge in [0.05, 0.1) is 6.04 Å². The number of nitrogens with one attached hydrogen (secondary N) is 2. The van der Waals surface area contributed by atoms with E-state index >= 15 is 0 Å². The fourth-order valence-corrected chi connectivity index (χ4v) is 3.26. The normalized spacial score (nSPS) is 18.6. The summed E-state index contributed by atoms with van der Waals surface area (Å²) in [6.45, 7) is 6.72. The van der Waals surface area contributed by atoms with Gasteiger partial charge in [-0.2, -0.15) is 0 Å². The molecule has 1 aromatic carbocycles. The van der Waals surface area contributed by atoms with E-state index in [9.17, 15) is 9.59 Å². The van der Waals surface area contributed by atoms with Crippen molar-refractivity contribution in [1.29, 1.82) is 0 Å². The average molecular weight is 329 g/mol. The Hall–Kier alpha value is -2.50. The van der Waals surface area contributed by atoms with Crippen LogP contribution in [0.25, 0.3) is 11.0 Å². The lowest BCUT2D eigenvalue weighted by molar-refractivity contribution is -0.127. The van der Waals surface area contributed by atoms with Crippen LogP contribution in [0, 0.1) is 6.92 Å². The van der Waals surface area contributed by atoms with Gasteiger partial charge in [0.2, 0.25) is 5.91 Å². The number of furan rings is 1. The van der Waals surface area contributed by atoms with Gasteiger partial charge in [0, 0.05) is 37.0 Å². The average Bonchev–Trinajstić information content (AvgIpc) is 3.13. The highest BCUT2D eigenvalue weighted by atomic mass is 16.3. The molecule has 3 amide bonds. The molecule has 0 saturated carbocycles. The van der Waals surface area contributed by atoms with Crippen molar-refractivity contribution in [2.24, 2.45) is 0 Å². The van der Waals surface area contributed by atoms with Gasteiger partial charge in [0.25, 0.3) is 0 Å². The van der Waals surface area contributed by atoms with Crippen LogP contribution >= 0.6 is 0 Å². The fraction of sp³-hybridized carbons (Fsp3) is 0.444. The van der Waals surface area contributed by atoms with Crippen molar-refractivity contribution in [3.8, 4) is 0 Å². The maximum atomic E-state index is 12.2. The molecule has 1 fully saturated rings. The lowest BCUT2D eigenvalue weighted by Crippen LogP contribution is -2.44. The number of amides is 3. The van der Waals surface area contributed by atoms with E-state index in [4.69, 9.17) is 4.42 Å². The maximum Gasteiger partial charge on any atom is 0.315 e. The van der Waals surface area contributed by atoms with E-state index in [0.717, 1.165) is 28.7 Å². The molecule has 1 aliphatic heterocycles. The summed E-state index contributed by atoms with van der Waals surface area (Å²) in [5.74, 6) is 0.814. The van der Waals surface area contributed by atoms with E-state index < -0.39 is 0 Å². The van der Waals surface area contributed by atoms with Crippen molar-refractivity contribution in [2.45, 2.75) is 39.3 Å². The summed E-state index contributed by atoms with van der Waals surface area (Å²) in [6, 6.07) is 7.37. The number of fused-ring (bicyclic) bond motifs is 1. The summed E-state index contributed by atoms with van der Waals surface area (Å²) in [5.41, 5.74) is 1.87. The molecule has 0 bridgehead atoms. The van der Waals surface area contributed by atoms with Crippen LogP contribution in [0.5, 0.6) is 0 Å². The molecule has 3 rings (SSSR count). The molecule has 1 aromatic heterocycles. The highest BCUT2D eigenvalue weighted by molar-refractivity contribution is 5.82. The number of benzene rings is 1. The standard InChI is InChI=1S/C18H23N3O3/c1-11-15-6-4-5-7-16(15)24-17(11)12(2)19-18(23)20-14-8-9-21(10-14)13(3)22/h4-7,12,14H,8-10H2,1-3H3,(H2,19,20,23)/t12-,14?/m0/s1. The number of carbonyl (C=O) groups excluding carboxylic acids is 2. The Morgan fingerprint density at radius 3 is 2.75 bits per heavy atom. The quantitative estimate of drug-likeness (QED) is 0.909. The van der Waals surface area contributed by atoms with Crippen LogP contribution in [0.4, 0.5) is 4.79 Å². The van der Waals surface area contributed by atoms with Crippen LogP contribution < -0.4 is 10.6 Å². The minimum absolute atomic E-state index is 0.00197. The van der Waals surface area contributed by atoms with Crippen LogP contribution in [0.3, 0.4) is 0 Å². The molecule has 1 saturated heterocycles.